The Morgan fingerprint density at radius 1 is 0.980 bits per heavy atom. The molecule has 1 aromatic carbocycles. The maximum absolute atomic E-state index is 15.5. The Bertz CT molecular complexity index is 2420. The van der Waals surface area contributed by atoms with E-state index in [1.54, 1.807) is 25.4 Å². The number of aliphatic hydroxyl groups excluding tert-OH is 1. The van der Waals surface area contributed by atoms with E-state index in [0.717, 1.165) is 42.6 Å². The molecule has 5 aromatic heterocycles. The Kier molecular flexibility index (Phi) is 8.16. The first-order valence-electron chi connectivity index (χ1n) is 16.8. The monoisotopic (exact) mass is 694 g/mol. The predicted molar refractivity (Wildman–Crippen MR) is 190 cm³/mol. The molecule has 6 aromatic rings. The Balaban J connectivity index is 1.10. The third kappa shape index (κ3) is 5.55. The lowest BCUT2D eigenvalue weighted by Gasteiger charge is -2.50. The van der Waals surface area contributed by atoms with E-state index in [1.165, 1.54) is 39.7 Å². The summed E-state index contributed by atoms with van der Waals surface area (Å²) in [5.41, 5.74) is 1.64. The van der Waals surface area contributed by atoms with Crippen molar-refractivity contribution in [2.24, 2.45) is 7.05 Å². The minimum Gasteiger partial charge on any atom is -0.392 e. The molecule has 0 spiro atoms. The highest BCUT2D eigenvalue weighted by Gasteiger charge is 2.36. The van der Waals surface area contributed by atoms with Gasteiger partial charge in [-0.1, -0.05) is 0 Å². The summed E-state index contributed by atoms with van der Waals surface area (Å²) in [6.45, 7) is 7.32. The molecule has 51 heavy (non-hydrogen) atoms. The van der Waals surface area contributed by atoms with E-state index < -0.39 is 23.8 Å². The molecule has 14 heteroatoms. The van der Waals surface area contributed by atoms with Gasteiger partial charge in [0.1, 0.15) is 28.7 Å². The third-order valence-electron chi connectivity index (χ3n) is 10.1. The number of anilines is 3. The zero-order valence-electron chi connectivity index (χ0n) is 28.3. The smallest absolute Gasteiger partial charge is 0.283 e. The molecule has 2 aliphatic heterocycles. The molecule has 0 unspecified atom stereocenters. The van der Waals surface area contributed by atoms with Gasteiger partial charge in [0, 0.05) is 73.5 Å². The molecule has 0 aliphatic carbocycles. The van der Waals surface area contributed by atoms with Crippen molar-refractivity contribution in [3.8, 4) is 16.9 Å². The molecule has 2 saturated heterocycles. The van der Waals surface area contributed by atoms with Crippen molar-refractivity contribution < 1.29 is 18.6 Å². The van der Waals surface area contributed by atoms with Crippen molar-refractivity contribution in [1.82, 2.24) is 28.4 Å². The first kappa shape index (κ1) is 32.7. The number of hydrogen-bond donors (Lipinski definition) is 2. The lowest BCUT2D eigenvalue weighted by Crippen LogP contribution is -2.63. The topological polar surface area (TPSA) is 122 Å². The number of benzene rings is 1. The highest BCUT2D eigenvalue weighted by molar-refractivity contribution is 5.88. The van der Waals surface area contributed by atoms with E-state index in [9.17, 15) is 19.1 Å². The first-order chi connectivity index (χ1) is 24.6. The number of hydrogen-bond acceptors (Lipinski definition) is 9. The molecule has 8 rings (SSSR count). The van der Waals surface area contributed by atoms with Gasteiger partial charge in [0.15, 0.2) is 5.82 Å². The number of halogens is 2. The summed E-state index contributed by atoms with van der Waals surface area (Å²) in [6, 6.07) is 12.0. The Hall–Kier alpha value is -5.44. The van der Waals surface area contributed by atoms with E-state index in [2.05, 4.69) is 38.9 Å². The van der Waals surface area contributed by atoms with Crippen LogP contribution in [0.5, 0.6) is 0 Å². The van der Waals surface area contributed by atoms with Gasteiger partial charge in [0.2, 0.25) is 0 Å². The molecular formula is C37H36F2N8O4. The summed E-state index contributed by atoms with van der Waals surface area (Å²) in [6.07, 6.45) is 7.83. The Morgan fingerprint density at radius 3 is 2.53 bits per heavy atom. The molecule has 0 bridgehead atoms. The summed E-state index contributed by atoms with van der Waals surface area (Å²) in [4.78, 5) is 40.9. The number of pyridine rings is 3. The SMILES string of the molecule is C[C@@H]1CN(c2ccc(Nc3cc(-c4ccnc(-n5ccn6c(c(F)c7cc(F)ccc76)c5=O)c4CO)cn(C)c3=O)nc2)[C@@H](C)CN1C1COC1. The third-order valence-corrected chi connectivity index (χ3v) is 10.1. The summed E-state index contributed by atoms with van der Waals surface area (Å²) < 4.78 is 38.7. The standard InChI is InChI=1S/C37H36F2N8O4/c1-21-16-47(26-19-51-20-26)22(2)15-46(21)25-5-7-32(41-14-25)42-30-12-23(17-43(3)36(30)49)27-8-9-40-35(29(27)18-48)45-11-10-44-31-6-4-24(38)13-28(31)33(39)34(44)37(45)50/h4-14,17,21-22,26,48H,15-16,18-20H2,1-3H3,(H,41,42)/t21-,22+/m0/s1. The Labute approximate surface area is 290 Å². The second kappa shape index (κ2) is 12.7. The average Bonchev–Trinajstić information content (AvgIpc) is 3.38. The number of aliphatic hydroxyl groups is 1. The van der Waals surface area contributed by atoms with Gasteiger partial charge >= 0.3 is 0 Å². The van der Waals surface area contributed by atoms with Gasteiger partial charge in [-0.3, -0.25) is 19.1 Å². The molecule has 0 amide bonds. The molecule has 2 atom stereocenters. The minimum atomic E-state index is -0.855. The van der Waals surface area contributed by atoms with Crippen LogP contribution in [-0.2, 0) is 18.4 Å². The number of rotatable bonds is 7. The zero-order chi connectivity index (χ0) is 35.6. The maximum Gasteiger partial charge on any atom is 0.283 e. The van der Waals surface area contributed by atoms with Crippen molar-refractivity contribution in [1.29, 1.82) is 0 Å². The van der Waals surface area contributed by atoms with Crippen LogP contribution in [0, 0.1) is 11.6 Å². The van der Waals surface area contributed by atoms with Crippen molar-refractivity contribution in [2.45, 2.75) is 38.6 Å². The molecule has 2 aliphatic rings. The van der Waals surface area contributed by atoms with Crippen molar-refractivity contribution >= 4 is 33.6 Å². The first-order valence-corrected chi connectivity index (χ1v) is 16.8. The number of fused-ring (bicyclic) bond motifs is 3. The maximum atomic E-state index is 15.5. The second-order valence-corrected chi connectivity index (χ2v) is 13.3. The van der Waals surface area contributed by atoms with Gasteiger partial charge < -0.3 is 29.0 Å². The van der Waals surface area contributed by atoms with Crippen LogP contribution in [0.3, 0.4) is 0 Å². The van der Waals surface area contributed by atoms with Gasteiger partial charge in [-0.2, -0.15) is 0 Å². The van der Waals surface area contributed by atoms with Gasteiger partial charge in [-0.15, -0.1) is 0 Å². The number of piperazine rings is 1. The van der Waals surface area contributed by atoms with E-state index in [-0.39, 0.29) is 33.5 Å². The number of ether oxygens (including phenoxy) is 1. The Morgan fingerprint density at radius 2 is 1.80 bits per heavy atom. The van der Waals surface area contributed by atoms with Crippen molar-refractivity contribution in [2.75, 3.05) is 36.5 Å². The molecule has 2 N–H and O–H groups in total. The highest BCUT2D eigenvalue weighted by Crippen LogP contribution is 2.31. The lowest BCUT2D eigenvalue weighted by atomic mass is 10.0. The van der Waals surface area contributed by atoms with Crippen LogP contribution in [0.1, 0.15) is 19.4 Å². The fourth-order valence-corrected chi connectivity index (χ4v) is 7.35. The fourth-order valence-electron chi connectivity index (χ4n) is 7.35. The lowest BCUT2D eigenvalue weighted by molar-refractivity contribution is -0.0828. The molecule has 262 valence electrons. The zero-order valence-corrected chi connectivity index (χ0v) is 28.3. The highest BCUT2D eigenvalue weighted by atomic mass is 19.1. The molecule has 0 saturated carbocycles. The van der Waals surface area contributed by atoms with Crippen LogP contribution >= 0.6 is 0 Å². The van der Waals surface area contributed by atoms with E-state index in [1.807, 2.05) is 18.3 Å². The van der Waals surface area contributed by atoms with E-state index >= 15 is 4.39 Å². The summed E-state index contributed by atoms with van der Waals surface area (Å²) in [7, 11) is 1.62. The van der Waals surface area contributed by atoms with Crippen molar-refractivity contribution in [3.63, 3.8) is 0 Å². The van der Waals surface area contributed by atoms with Crippen LogP contribution < -0.4 is 21.3 Å². The molecule has 2 fully saturated rings. The van der Waals surface area contributed by atoms with Crippen molar-refractivity contribution in [3.05, 3.63) is 111 Å². The largest absolute Gasteiger partial charge is 0.392 e. The number of nitrogens with one attached hydrogen (secondary N) is 1. The number of aromatic nitrogens is 5. The second-order valence-electron chi connectivity index (χ2n) is 13.3. The molecule has 0 radical (unpaired) electrons. The number of aryl methyl sites for hydroxylation is 1. The molecule has 12 nitrogen and oxygen atoms in total. The normalized spacial score (nSPS) is 18.4. The predicted octanol–water partition coefficient (Wildman–Crippen LogP) is 4.21. The summed E-state index contributed by atoms with van der Waals surface area (Å²) >= 11 is 0. The van der Waals surface area contributed by atoms with Gasteiger partial charge in [0.25, 0.3) is 11.1 Å². The summed E-state index contributed by atoms with van der Waals surface area (Å²) in [5, 5.41) is 13.7. The van der Waals surface area contributed by atoms with Crippen LogP contribution in [0.15, 0.2) is 83.0 Å². The van der Waals surface area contributed by atoms with Crippen LogP contribution in [0.25, 0.3) is 33.4 Å². The van der Waals surface area contributed by atoms with Gasteiger partial charge in [-0.05, 0) is 61.9 Å². The fraction of sp³-hybridized carbons (Fsp3) is 0.297. The van der Waals surface area contributed by atoms with Gasteiger partial charge in [0.05, 0.1) is 43.3 Å². The quantitative estimate of drug-likeness (QED) is 0.253. The van der Waals surface area contributed by atoms with E-state index in [0.29, 0.717) is 40.6 Å². The van der Waals surface area contributed by atoms with Crippen LogP contribution in [0.2, 0.25) is 0 Å². The minimum absolute atomic E-state index is 0.0228. The molecule has 7 heterocycles. The summed E-state index contributed by atoms with van der Waals surface area (Å²) in [5.74, 6) is -0.906. The van der Waals surface area contributed by atoms with Gasteiger partial charge in [-0.25, -0.2) is 18.7 Å². The number of nitrogens with zero attached hydrogens (tertiary/aromatic N) is 7. The van der Waals surface area contributed by atoms with E-state index in [4.69, 9.17) is 4.74 Å². The molecular weight excluding hydrogens is 658 g/mol. The van der Waals surface area contributed by atoms with Crippen LogP contribution in [0.4, 0.5) is 26.0 Å². The van der Waals surface area contributed by atoms with Crippen LogP contribution in [-0.4, -0.2) is 77.9 Å². The average molecular weight is 695 g/mol.